The van der Waals surface area contributed by atoms with Crippen LogP contribution in [-0.2, 0) is 14.3 Å². The van der Waals surface area contributed by atoms with Gasteiger partial charge in [0.05, 0.1) is 6.42 Å². The van der Waals surface area contributed by atoms with Crippen LogP contribution in [0.25, 0.3) is 0 Å². The molecule has 0 aromatic heterocycles. The predicted molar refractivity (Wildman–Crippen MR) is 53.9 cm³/mol. The van der Waals surface area contributed by atoms with Crippen LogP contribution in [-0.4, -0.2) is 23.7 Å². The second kappa shape index (κ2) is 11.4. The predicted octanol–water partition coefficient (Wildman–Crippen LogP) is 1.77. The first-order chi connectivity index (χ1) is 6.54. The highest BCUT2D eigenvalue weighted by atomic mass is 16.5. The lowest BCUT2D eigenvalue weighted by Crippen LogP contribution is -1.96. The van der Waals surface area contributed by atoms with Gasteiger partial charge in [-0.05, 0) is 6.92 Å². The van der Waals surface area contributed by atoms with Crippen LogP contribution < -0.4 is 0 Å². The van der Waals surface area contributed by atoms with Crippen molar-refractivity contribution in [3.8, 4) is 0 Å². The Labute approximate surface area is 83.9 Å². The minimum absolute atomic E-state index is 0.135. The van der Waals surface area contributed by atoms with Gasteiger partial charge in [-0.25, -0.2) is 0 Å². The van der Waals surface area contributed by atoms with Gasteiger partial charge in [0.1, 0.15) is 6.61 Å². The van der Waals surface area contributed by atoms with Gasteiger partial charge in [-0.3, -0.25) is 9.59 Å². The lowest BCUT2D eigenvalue weighted by Gasteiger charge is -1.90. The van der Waals surface area contributed by atoms with Gasteiger partial charge >= 0.3 is 11.9 Å². The number of hydrogen-bond acceptors (Lipinski definition) is 3. The summed E-state index contributed by atoms with van der Waals surface area (Å²) in [6.07, 6.45) is 4.98. The van der Waals surface area contributed by atoms with Gasteiger partial charge in [0, 0.05) is 6.92 Å². The Kier molecular flexibility index (Phi) is 12.2. The molecular weight excluding hydrogens is 184 g/mol. The maximum atomic E-state index is 9.93. The average molecular weight is 200 g/mol. The summed E-state index contributed by atoms with van der Waals surface area (Å²) in [5.74, 6) is -1.04. The molecule has 0 radical (unpaired) electrons. The SMILES string of the molecule is C=CCOC(C)=O.CC=CCC(=O)O. The van der Waals surface area contributed by atoms with E-state index in [-0.39, 0.29) is 12.4 Å². The van der Waals surface area contributed by atoms with Crippen LogP contribution in [0.3, 0.4) is 0 Å². The molecule has 0 fully saturated rings. The number of allylic oxidation sites excluding steroid dienone is 1. The molecule has 0 saturated carbocycles. The van der Waals surface area contributed by atoms with Gasteiger partial charge in [-0.2, -0.15) is 0 Å². The van der Waals surface area contributed by atoms with Crippen molar-refractivity contribution in [2.45, 2.75) is 20.3 Å². The van der Waals surface area contributed by atoms with Gasteiger partial charge in [0.15, 0.2) is 0 Å². The van der Waals surface area contributed by atoms with Crippen molar-refractivity contribution in [3.05, 3.63) is 24.8 Å². The molecule has 0 bridgehead atoms. The van der Waals surface area contributed by atoms with Gasteiger partial charge in [-0.1, -0.05) is 24.8 Å². The summed E-state index contributed by atoms with van der Waals surface area (Å²) in [7, 11) is 0. The molecule has 80 valence electrons. The zero-order valence-electron chi connectivity index (χ0n) is 8.53. The van der Waals surface area contributed by atoms with Gasteiger partial charge in [0.25, 0.3) is 0 Å². The number of carboxylic acids is 1. The molecule has 0 aliphatic heterocycles. The minimum atomic E-state index is -0.780. The Morgan fingerprint density at radius 3 is 2.21 bits per heavy atom. The third kappa shape index (κ3) is 22.4. The first-order valence-electron chi connectivity index (χ1n) is 4.11. The molecule has 1 N–H and O–H groups in total. The fourth-order valence-corrected chi connectivity index (χ4v) is 0.395. The Morgan fingerprint density at radius 2 is 2.07 bits per heavy atom. The first kappa shape index (κ1) is 14.9. The van der Waals surface area contributed by atoms with Gasteiger partial charge in [-0.15, -0.1) is 0 Å². The molecule has 0 aliphatic rings. The van der Waals surface area contributed by atoms with Crippen molar-refractivity contribution in [1.29, 1.82) is 0 Å². The Balaban J connectivity index is 0. The van der Waals surface area contributed by atoms with Crippen LogP contribution in [0.2, 0.25) is 0 Å². The number of hydrogen-bond donors (Lipinski definition) is 1. The molecule has 4 nitrogen and oxygen atoms in total. The number of carboxylic acid groups (broad SMARTS) is 1. The number of carbonyl (C=O) groups excluding carboxylic acids is 1. The van der Waals surface area contributed by atoms with Crippen molar-refractivity contribution in [2.75, 3.05) is 6.61 Å². The van der Waals surface area contributed by atoms with Crippen LogP contribution in [0.5, 0.6) is 0 Å². The Hall–Kier alpha value is -1.58. The van der Waals surface area contributed by atoms with Gasteiger partial charge in [0.2, 0.25) is 0 Å². The van der Waals surface area contributed by atoms with E-state index in [0.29, 0.717) is 6.61 Å². The maximum absolute atomic E-state index is 9.93. The molecule has 4 heteroatoms. The van der Waals surface area contributed by atoms with Crippen molar-refractivity contribution >= 4 is 11.9 Å². The molecule has 0 amide bonds. The molecule has 0 aromatic carbocycles. The second-order valence-corrected chi connectivity index (χ2v) is 2.26. The summed E-state index contributed by atoms with van der Waals surface area (Å²) in [4.78, 5) is 19.6. The van der Waals surface area contributed by atoms with E-state index >= 15 is 0 Å². The molecule has 14 heavy (non-hydrogen) atoms. The fraction of sp³-hybridized carbons (Fsp3) is 0.400. The number of esters is 1. The number of carbonyl (C=O) groups is 2. The summed E-state index contributed by atoms with van der Waals surface area (Å²) in [5, 5.41) is 7.99. The molecule has 0 aromatic rings. The molecule has 0 heterocycles. The highest BCUT2D eigenvalue weighted by Gasteiger charge is 1.85. The number of ether oxygens (including phenoxy) is 1. The molecule has 0 spiro atoms. The summed E-state index contributed by atoms with van der Waals surface area (Å²) in [6, 6.07) is 0. The van der Waals surface area contributed by atoms with Crippen LogP contribution in [0.4, 0.5) is 0 Å². The zero-order valence-corrected chi connectivity index (χ0v) is 8.53. The largest absolute Gasteiger partial charge is 0.481 e. The summed E-state index contributed by atoms with van der Waals surface area (Å²) in [6.45, 7) is 6.83. The molecule has 0 saturated heterocycles. The van der Waals surface area contributed by atoms with Crippen molar-refractivity contribution in [3.63, 3.8) is 0 Å². The van der Waals surface area contributed by atoms with Crippen LogP contribution in [0.1, 0.15) is 20.3 Å². The highest BCUT2D eigenvalue weighted by molar-refractivity contribution is 5.68. The minimum Gasteiger partial charge on any atom is -0.481 e. The molecule has 0 atom stereocenters. The topological polar surface area (TPSA) is 63.6 Å². The summed E-state index contributed by atoms with van der Waals surface area (Å²) >= 11 is 0. The highest BCUT2D eigenvalue weighted by Crippen LogP contribution is 1.79. The first-order valence-corrected chi connectivity index (χ1v) is 4.11. The monoisotopic (exact) mass is 200 g/mol. The maximum Gasteiger partial charge on any atom is 0.307 e. The van der Waals surface area contributed by atoms with E-state index < -0.39 is 5.97 Å². The third-order valence-corrected chi connectivity index (χ3v) is 0.933. The Morgan fingerprint density at radius 1 is 1.50 bits per heavy atom. The lowest BCUT2D eigenvalue weighted by atomic mass is 10.4. The summed E-state index contributed by atoms with van der Waals surface area (Å²) < 4.78 is 4.43. The van der Waals surface area contributed by atoms with E-state index in [0.717, 1.165) is 0 Å². The van der Waals surface area contributed by atoms with E-state index in [1.807, 2.05) is 0 Å². The van der Waals surface area contributed by atoms with E-state index in [1.54, 1.807) is 19.1 Å². The quantitative estimate of drug-likeness (QED) is 0.555. The summed E-state index contributed by atoms with van der Waals surface area (Å²) in [5.41, 5.74) is 0. The van der Waals surface area contributed by atoms with E-state index in [1.165, 1.54) is 13.0 Å². The average Bonchev–Trinajstić information content (AvgIpc) is 2.12. The molecule has 0 rings (SSSR count). The molecule has 0 unspecified atom stereocenters. The van der Waals surface area contributed by atoms with E-state index in [2.05, 4.69) is 11.3 Å². The zero-order chi connectivity index (χ0) is 11.4. The normalized spacial score (nSPS) is 8.71. The van der Waals surface area contributed by atoms with Gasteiger partial charge < -0.3 is 9.84 Å². The van der Waals surface area contributed by atoms with E-state index in [4.69, 9.17) is 5.11 Å². The molecule has 0 aliphatic carbocycles. The van der Waals surface area contributed by atoms with Crippen LogP contribution >= 0.6 is 0 Å². The van der Waals surface area contributed by atoms with E-state index in [9.17, 15) is 9.59 Å². The van der Waals surface area contributed by atoms with Crippen molar-refractivity contribution < 1.29 is 19.4 Å². The lowest BCUT2D eigenvalue weighted by molar-refractivity contribution is -0.139. The third-order valence-electron chi connectivity index (χ3n) is 0.933. The van der Waals surface area contributed by atoms with Crippen LogP contribution in [0.15, 0.2) is 24.8 Å². The number of rotatable bonds is 4. The fourth-order valence-electron chi connectivity index (χ4n) is 0.395. The smallest absolute Gasteiger partial charge is 0.307 e. The molecular formula is C10H16O4. The number of aliphatic carboxylic acids is 1. The standard InChI is InChI=1S/2C5H8O2/c1-3-4-7-5(2)6;1-2-3-4-5(6)7/h3H,1,4H2,2H3;2-3H,4H2,1H3,(H,6,7). The second-order valence-electron chi connectivity index (χ2n) is 2.26. The van der Waals surface area contributed by atoms with Crippen molar-refractivity contribution in [1.82, 2.24) is 0 Å². The van der Waals surface area contributed by atoms with Crippen LogP contribution in [0, 0.1) is 0 Å². The Bertz CT molecular complexity index is 206. The van der Waals surface area contributed by atoms with Crippen molar-refractivity contribution in [2.24, 2.45) is 0 Å².